The van der Waals surface area contributed by atoms with Crippen molar-refractivity contribution in [2.75, 3.05) is 18.4 Å². The molecule has 0 saturated carbocycles. The van der Waals surface area contributed by atoms with Crippen LogP contribution < -0.4 is 10.6 Å². The van der Waals surface area contributed by atoms with Gasteiger partial charge in [0.2, 0.25) is 0 Å². The van der Waals surface area contributed by atoms with Crippen molar-refractivity contribution in [3.8, 4) is 0 Å². The van der Waals surface area contributed by atoms with Gasteiger partial charge in [0.1, 0.15) is 0 Å². The fraction of sp³-hybridized carbons (Fsp3) is 0.500. The first-order valence-corrected chi connectivity index (χ1v) is 7.56. The van der Waals surface area contributed by atoms with E-state index in [2.05, 4.69) is 10.6 Å². The zero-order chi connectivity index (χ0) is 14.8. The van der Waals surface area contributed by atoms with Crippen LogP contribution in [-0.2, 0) is 0 Å². The lowest BCUT2D eigenvalue weighted by molar-refractivity contribution is 0.101. The molecule has 0 aliphatic carbocycles. The molecule has 2 heterocycles. The summed E-state index contributed by atoms with van der Waals surface area (Å²) in [6.07, 6.45) is 3.20. The van der Waals surface area contributed by atoms with Gasteiger partial charge in [0.15, 0.2) is 5.78 Å². The summed E-state index contributed by atoms with van der Waals surface area (Å²) in [7, 11) is 0. The number of nitrogens with one attached hydrogen (secondary N) is 2. The van der Waals surface area contributed by atoms with E-state index in [9.17, 15) is 9.59 Å². The molecule has 2 atom stereocenters. The van der Waals surface area contributed by atoms with Crippen LogP contribution in [0.2, 0.25) is 0 Å². The van der Waals surface area contributed by atoms with Gasteiger partial charge in [-0.1, -0.05) is 0 Å². The van der Waals surface area contributed by atoms with Crippen LogP contribution in [0.25, 0.3) is 0 Å². The molecule has 2 saturated heterocycles. The summed E-state index contributed by atoms with van der Waals surface area (Å²) in [5.74, 6) is 0.0320. The number of hydrogen-bond donors (Lipinski definition) is 2. The number of Topliss-reactive ketones (excluding diaryl/α,β-unsaturated/α-hetero) is 1. The molecular weight excluding hydrogens is 266 g/mol. The van der Waals surface area contributed by atoms with Crippen LogP contribution >= 0.6 is 0 Å². The number of ketones is 1. The number of carbonyl (C=O) groups excluding carboxylic acids is 2. The summed E-state index contributed by atoms with van der Waals surface area (Å²) in [5, 5.41) is 6.34. The third-order valence-electron chi connectivity index (χ3n) is 4.43. The fourth-order valence-electron chi connectivity index (χ4n) is 3.29. The first-order chi connectivity index (χ1) is 10.1. The highest BCUT2D eigenvalue weighted by Gasteiger charge is 2.37. The third-order valence-corrected chi connectivity index (χ3v) is 4.43. The molecule has 112 valence electrons. The first-order valence-electron chi connectivity index (χ1n) is 7.56. The Morgan fingerprint density at radius 3 is 2.57 bits per heavy atom. The summed E-state index contributed by atoms with van der Waals surface area (Å²) in [6.45, 7) is 3.40. The Hall–Kier alpha value is -1.88. The maximum absolute atomic E-state index is 12.5. The third kappa shape index (κ3) is 2.93. The lowest BCUT2D eigenvalue weighted by atomic mass is 10.1. The average molecular weight is 287 g/mol. The number of amides is 2. The summed E-state index contributed by atoms with van der Waals surface area (Å²) >= 11 is 0. The number of carbonyl (C=O) groups is 2. The van der Waals surface area contributed by atoms with E-state index in [1.165, 1.54) is 6.92 Å². The van der Waals surface area contributed by atoms with Crippen molar-refractivity contribution in [3.63, 3.8) is 0 Å². The largest absolute Gasteiger partial charge is 0.322 e. The second-order valence-corrected chi connectivity index (χ2v) is 5.85. The van der Waals surface area contributed by atoms with E-state index in [0.717, 1.165) is 38.0 Å². The molecule has 0 radical (unpaired) electrons. The van der Waals surface area contributed by atoms with E-state index in [1.807, 2.05) is 4.90 Å². The van der Waals surface area contributed by atoms with Gasteiger partial charge in [-0.25, -0.2) is 4.79 Å². The fourth-order valence-corrected chi connectivity index (χ4v) is 3.29. The molecule has 0 spiro atoms. The van der Waals surface area contributed by atoms with Crippen LogP contribution in [0.3, 0.4) is 0 Å². The van der Waals surface area contributed by atoms with E-state index in [-0.39, 0.29) is 11.8 Å². The molecule has 0 unspecified atom stereocenters. The normalized spacial score (nSPS) is 24.5. The second kappa shape index (κ2) is 5.85. The SMILES string of the molecule is CC(=O)c1ccc(NC(=O)N2[C@H]3CCNC[C@@H]2CC3)cc1. The predicted octanol–water partition coefficient (Wildman–Crippen LogP) is 2.25. The van der Waals surface area contributed by atoms with Gasteiger partial charge in [-0.05, 0) is 57.0 Å². The monoisotopic (exact) mass is 287 g/mol. The Morgan fingerprint density at radius 1 is 1.14 bits per heavy atom. The van der Waals surface area contributed by atoms with E-state index in [1.54, 1.807) is 24.3 Å². The molecule has 2 bridgehead atoms. The van der Waals surface area contributed by atoms with E-state index in [4.69, 9.17) is 0 Å². The van der Waals surface area contributed by atoms with Gasteiger partial charge in [0.05, 0.1) is 0 Å². The maximum Gasteiger partial charge on any atom is 0.322 e. The number of hydrogen-bond acceptors (Lipinski definition) is 3. The molecule has 1 aromatic rings. The van der Waals surface area contributed by atoms with Crippen molar-refractivity contribution in [2.24, 2.45) is 0 Å². The summed E-state index contributed by atoms with van der Waals surface area (Å²) in [5.41, 5.74) is 1.40. The molecule has 0 aromatic heterocycles. The predicted molar refractivity (Wildman–Crippen MR) is 81.6 cm³/mol. The average Bonchev–Trinajstić information content (AvgIpc) is 2.72. The van der Waals surface area contributed by atoms with Gasteiger partial charge < -0.3 is 15.5 Å². The van der Waals surface area contributed by atoms with Crippen molar-refractivity contribution in [1.29, 1.82) is 0 Å². The van der Waals surface area contributed by atoms with Crippen molar-refractivity contribution >= 4 is 17.5 Å². The Balaban J connectivity index is 1.69. The van der Waals surface area contributed by atoms with Crippen LogP contribution in [-0.4, -0.2) is 41.9 Å². The highest BCUT2D eigenvalue weighted by atomic mass is 16.2. The van der Waals surface area contributed by atoms with Gasteiger partial charge in [-0.3, -0.25) is 4.79 Å². The minimum Gasteiger partial charge on any atom is -0.317 e. The second-order valence-electron chi connectivity index (χ2n) is 5.85. The smallest absolute Gasteiger partial charge is 0.317 e. The molecule has 2 aliphatic rings. The molecular formula is C16H21N3O2. The van der Waals surface area contributed by atoms with Crippen molar-refractivity contribution in [3.05, 3.63) is 29.8 Å². The van der Waals surface area contributed by atoms with Gasteiger partial charge in [0.25, 0.3) is 0 Å². The zero-order valence-corrected chi connectivity index (χ0v) is 12.3. The zero-order valence-electron chi connectivity index (χ0n) is 12.3. The van der Waals surface area contributed by atoms with Gasteiger partial charge >= 0.3 is 6.03 Å². The highest BCUT2D eigenvalue weighted by molar-refractivity contribution is 5.95. The van der Waals surface area contributed by atoms with Gasteiger partial charge in [0, 0.05) is 29.9 Å². The van der Waals surface area contributed by atoms with Gasteiger partial charge in [-0.2, -0.15) is 0 Å². The number of anilines is 1. The van der Waals surface area contributed by atoms with Crippen LogP contribution in [0.1, 0.15) is 36.5 Å². The number of nitrogens with zero attached hydrogens (tertiary/aromatic N) is 1. The summed E-state index contributed by atoms with van der Waals surface area (Å²) in [6, 6.07) is 7.68. The van der Waals surface area contributed by atoms with Crippen LogP contribution in [0.5, 0.6) is 0 Å². The number of urea groups is 1. The minimum absolute atomic E-state index is 0.0261. The summed E-state index contributed by atoms with van der Waals surface area (Å²) < 4.78 is 0. The lowest BCUT2D eigenvalue weighted by Crippen LogP contribution is -2.44. The number of benzene rings is 1. The lowest BCUT2D eigenvalue weighted by Gasteiger charge is -2.28. The number of fused-ring (bicyclic) bond motifs is 2. The Bertz CT molecular complexity index is 527. The molecule has 3 rings (SSSR count). The molecule has 2 amide bonds. The van der Waals surface area contributed by atoms with Crippen molar-refractivity contribution in [1.82, 2.24) is 10.2 Å². The minimum atomic E-state index is -0.0261. The molecule has 5 nitrogen and oxygen atoms in total. The standard InChI is InChI=1S/C16H21N3O2/c1-11(20)12-2-4-13(5-3-12)18-16(21)19-14-6-7-15(19)10-17-9-8-14/h2-5,14-15,17H,6-10H2,1H3,(H,18,21)/t14-,15+/m1/s1. The Morgan fingerprint density at radius 2 is 1.86 bits per heavy atom. The molecule has 2 fully saturated rings. The van der Waals surface area contributed by atoms with Crippen LogP contribution in [0, 0.1) is 0 Å². The Labute approximate surface area is 124 Å². The Kier molecular flexibility index (Phi) is 3.92. The van der Waals surface area contributed by atoms with Crippen molar-refractivity contribution in [2.45, 2.75) is 38.3 Å². The molecule has 1 aromatic carbocycles. The first kappa shape index (κ1) is 14.1. The van der Waals surface area contributed by atoms with E-state index >= 15 is 0 Å². The molecule has 2 aliphatic heterocycles. The van der Waals surface area contributed by atoms with E-state index in [0.29, 0.717) is 17.6 Å². The topological polar surface area (TPSA) is 61.4 Å². The molecule has 21 heavy (non-hydrogen) atoms. The van der Waals surface area contributed by atoms with Gasteiger partial charge in [-0.15, -0.1) is 0 Å². The summed E-state index contributed by atoms with van der Waals surface area (Å²) in [4.78, 5) is 25.8. The highest BCUT2D eigenvalue weighted by Crippen LogP contribution is 2.28. The molecule has 5 heteroatoms. The van der Waals surface area contributed by atoms with Crippen LogP contribution in [0.4, 0.5) is 10.5 Å². The molecule has 2 N–H and O–H groups in total. The van der Waals surface area contributed by atoms with Crippen molar-refractivity contribution < 1.29 is 9.59 Å². The quantitative estimate of drug-likeness (QED) is 0.820. The maximum atomic E-state index is 12.5. The van der Waals surface area contributed by atoms with E-state index < -0.39 is 0 Å². The number of rotatable bonds is 2. The van der Waals surface area contributed by atoms with Crippen LogP contribution in [0.15, 0.2) is 24.3 Å².